The summed E-state index contributed by atoms with van der Waals surface area (Å²) >= 11 is 7.78. The smallest absolute Gasteiger partial charge is 0.125 e. The van der Waals surface area contributed by atoms with Gasteiger partial charge in [-0.15, -0.1) is 11.3 Å². The lowest BCUT2D eigenvalue weighted by molar-refractivity contribution is -0.0874. The van der Waals surface area contributed by atoms with Crippen molar-refractivity contribution in [3.63, 3.8) is 0 Å². The average Bonchev–Trinajstić information content (AvgIpc) is 2.75. The summed E-state index contributed by atoms with van der Waals surface area (Å²) in [5.41, 5.74) is 1.49. The van der Waals surface area contributed by atoms with E-state index in [9.17, 15) is 5.11 Å². The van der Waals surface area contributed by atoms with E-state index in [1.54, 1.807) is 11.3 Å². The molecule has 0 saturated carbocycles. The number of aromatic nitrogens is 1. The first-order valence-electron chi connectivity index (χ1n) is 6.17. The van der Waals surface area contributed by atoms with E-state index in [0.29, 0.717) is 13.1 Å². The second-order valence-corrected chi connectivity index (χ2v) is 6.53. The molecule has 3 nitrogen and oxygen atoms in total. The molecule has 2 aromatic rings. The van der Waals surface area contributed by atoms with Crippen molar-refractivity contribution in [3.8, 4) is 10.6 Å². The lowest BCUT2D eigenvalue weighted by atomic mass is 9.97. The zero-order valence-electron chi connectivity index (χ0n) is 10.6. The molecule has 1 saturated heterocycles. The van der Waals surface area contributed by atoms with Gasteiger partial charge in [-0.3, -0.25) is 4.90 Å². The normalized spacial score (nSPS) is 18.3. The highest BCUT2D eigenvalue weighted by atomic mass is 35.5. The molecular weight excluding hydrogens is 280 g/mol. The van der Waals surface area contributed by atoms with Crippen LogP contribution in [0.4, 0.5) is 0 Å². The van der Waals surface area contributed by atoms with Crippen LogP contribution in [0.15, 0.2) is 29.6 Å². The summed E-state index contributed by atoms with van der Waals surface area (Å²) in [6.45, 7) is 4.08. The van der Waals surface area contributed by atoms with Gasteiger partial charge in [-0.05, 0) is 13.0 Å². The summed E-state index contributed by atoms with van der Waals surface area (Å²) < 4.78 is 0. The highest BCUT2D eigenvalue weighted by Crippen LogP contribution is 2.31. The van der Waals surface area contributed by atoms with Crippen LogP contribution in [-0.2, 0) is 6.54 Å². The van der Waals surface area contributed by atoms with Crippen molar-refractivity contribution >= 4 is 22.9 Å². The van der Waals surface area contributed by atoms with E-state index >= 15 is 0 Å². The SMILES string of the molecule is CC1(O)CN(Cc2csc(-c3ccccc3Cl)n2)C1. The summed E-state index contributed by atoms with van der Waals surface area (Å²) in [5.74, 6) is 0. The lowest BCUT2D eigenvalue weighted by Gasteiger charge is -2.43. The minimum Gasteiger partial charge on any atom is -0.388 e. The van der Waals surface area contributed by atoms with Gasteiger partial charge in [0.1, 0.15) is 5.01 Å². The topological polar surface area (TPSA) is 36.4 Å². The van der Waals surface area contributed by atoms with E-state index in [1.807, 2.05) is 31.2 Å². The Bertz CT molecular complexity index is 589. The number of β-amino-alcohol motifs (C(OH)–C–C–N with tert-alkyl or cyclic N) is 1. The van der Waals surface area contributed by atoms with Gasteiger partial charge in [0.25, 0.3) is 0 Å². The third kappa shape index (κ3) is 2.82. The fraction of sp³-hybridized carbons (Fsp3) is 0.357. The second-order valence-electron chi connectivity index (χ2n) is 5.27. The molecule has 0 bridgehead atoms. The molecule has 1 aliphatic rings. The molecule has 0 aliphatic carbocycles. The van der Waals surface area contributed by atoms with Crippen molar-refractivity contribution in [1.29, 1.82) is 0 Å². The summed E-state index contributed by atoms with van der Waals surface area (Å²) in [6.07, 6.45) is 0. The van der Waals surface area contributed by atoms with Crippen LogP contribution >= 0.6 is 22.9 Å². The second kappa shape index (κ2) is 4.87. The van der Waals surface area contributed by atoms with Gasteiger partial charge in [0.05, 0.1) is 16.3 Å². The van der Waals surface area contributed by atoms with Crippen LogP contribution in [0.5, 0.6) is 0 Å². The molecule has 1 aromatic heterocycles. The van der Waals surface area contributed by atoms with Crippen molar-refractivity contribution in [3.05, 3.63) is 40.4 Å². The van der Waals surface area contributed by atoms with Gasteiger partial charge in [-0.25, -0.2) is 4.98 Å². The maximum atomic E-state index is 9.70. The Hall–Kier alpha value is -0.940. The Balaban J connectivity index is 1.72. The monoisotopic (exact) mass is 294 g/mol. The maximum Gasteiger partial charge on any atom is 0.125 e. The van der Waals surface area contributed by atoms with Crippen molar-refractivity contribution in [2.24, 2.45) is 0 Å². The standard InChI is InChI=1S/C14H15ClN2OS/c1-14(18)8-17(9-14)6-10-7-19-13(16-10)11-4-2-3-5-12(11)15/h2-5,7,18H,6,8-9H2,1H3. The lowest BCUT2D eigenvalue weighted by Crippen LogP contribution is -2.59. The average molecular weight is 295 g/mol. The molecule has 1 aliphatic heterocycles. The Kier molecular flexibility index (Phi) is 3.35. The predicted octanol–water partition coefficient (Wildman–Crippen LogP) is 3.03. The van der Waals surface area contributed by atoms with Crippen molar-refractivity contribution < 1.29 is 5.11 Å². The third-order valence-electron chi connectivity index (χ3n) is 3.17. The number of thiazole rings is 1. The van der Waals surface area contributed by atoms with E-state index in [-0.39, 0.29) is 0 Å². The maximum absolute atomic E-state index is 9.70. The molecule has 0 atom stereocenters. The molecule has 0 spiro atoms. The van der Waals surface area contributed by atoms with Gasteiger partial charge in [0.15, 0.2) is 0 Å². The Labute approximate surface area is 121 Å². The highest BCUT2D eigenvalue weighted by Gasteiger charge is 2.36. The Morgan fingerprint density at radius 1 is 1.42 bits per heavy atom. The number of nitrogens with zero attached hydrogens (tertiary/aromatic N) is 2. The summed E-state index contributed by atoms with van der Waals surface area (Å²) in [5, 5.41) is 13.4. The minimum absolute atomic E-state index is 0.526. The minimum atomic E-state index is -0.526. The number of rotatable bonds is 3. The fourth-order valence-electron chi connectivity index (χ4n) is 2.40. The van der Waals surface area contributed by atoms with Crippen molar-refractivity contribution in [1.82, 2.24) is 9.88 Å². The van der Waals surface area contributed by atoms with Crippen LogP contribution in [0.3, 0.4) is 0 Å². The molecule has 0 amide bonds. The molecule has 1 aromatic carbocycles. The molecule has 0 radical (unpaired) electrons. The highest BCUT2D eigenvalue weighted by molar-refractivity contribution is 7.13. The molecule has 1 N–H and O–H groups in total. The van der Waals surface area contributed by atoms with Gasteiger partial charge in [-0.1, -0.05) is 29.8 Å². The van der Waals surface area contributed by atoms with E-state index < -0.39 is 5.60 Å². The molecule has 5 heteroatoms. The first kappa shape index (κ1) is 13.1. The van der Waals surface area contributed by atoms with Crippen molar-refractivity contribution in [2.75, 3.05) is 13.1 Å². The van der Waals surface area contributed by atoms with Crippen LogP contribution in [0.25, 0.3) is 10.6 Å². The van der Waals surface area contributed by atoms with Crippen molar-refractivity contribution in [2.45, 2.75) is 19.1 Å². The van der Waals surface area contributed by atoms with Crippen LogP contribution in [0, 0.1) is 0 Å². The first-order chi connectivity index (χ1) is 9.03. The quantitative estimate of drug-likeness (QED) is 0.945. The van der Waals surface area contributed by atoms with E-state index in [0.717, 1.165) is 27.8 Å². The molecule has 19 heavy (non-hydrogen) atoms. The van der Waals surface area contributed by atoms with E-state index in [2.05, 4.69) is 15.3 Å². The van der Waals surface area contributed by atoms with E-state index in [4.69, 9.17) is 11.6 Å². The van der Waals surface area contributed by atoms with Gasteiger partial charge >= 0.3 is 0 Å². The van der Waals surface area contributed by atoms with Crippen LogP contribution in [-0.4, -0.2) is 33.7 Å². The first-order valence-corrected chi connectivity index (χ1v) is 7.43. The van der Waals surface area contributed by atoms with Gasteiger partial charge in [0.2, 0.25) is 0 Å². The molecule has 100 valence electrons. The van der Waals surface area contributed by atoms with E-state index in [1.165, 1.54) is 0 Å². The molecule has 0 unspecified atom stereocenters. The summed E-state index contributed by atoms with van der Waals surface area (Å²) in [7, 11) is 0. The third-order valence-corrected chi connectivity index (χ3v) is 4.42. The Morgan fingerprint density at radius 3 is 2.84 bits per heavy atom. The van der Waals surface area contributed by atoms with Gasteiger partial charge in [-0.2, -0.15) is 0 Å². The van der Waals surface area contributed by atoms with Gasteiger partial charge < -0.3 is 5.11 Å². The summed E-state index contributed by atoms with van der Waals surface area (Å²) in [4.78, 5) is 6.81. The number of hydrogen-bond donors (Lipinski definition) is 1. The zero-order chi connectivity index (χ0) is 13.5. The van der Waals surface area contributed by atoms with Gasteiger partial charge in [0, 0.05) is 30.6 Å². The van der Waals surface area contributed by atoms with Crippen LogP contribution in [0.1, 0.15) is 12.6 Å². The Morgan fingerprint density at radius 2 is 2.16 bits per heavy atom. The number of hydrogen-bond acceptors (Lipinski definition) is 4. The molecular formula is C14H15ClN2OS. The number of benzene rings is 1. The summed E-state index contributed by atoms with van der Waals surface area (Å²) in [6, 6.07) is 7.75. The predicted molar refractivity (Wildman–Crippen MR) is 78.5 cm³/mol. The fourth-order valence-corrected chi connectivity index (χ4v) is 3.53. The molecule has 1 fully saturated rings. The number of likely N-dealkylation sites (tertiary alicyclic amines) is 1. The number of halogens is 1. The van der Waals surface area contributed by atoms with Crippen LogP contribution in [0.2, 0.25) is 5.02 Å². The zero-order valence-corrected chi connectivity index (χ0v) is 12.2. The molecule has 3 rings (SSSR count). The molecule has 2 heterocycles. The largest absolute Gasteiger partial charge is 0.388 e. The van der Waals surface area contributed by atoms with Crippen LogP contribution < -0.4 is 0 Å². The number of aliphatic hydroxyl groups is 1.